The molecule has 4 nitrogen and oxygen atoms in total. The lowest BCUT2D eigenvalue weighted by Gasteiger charge is -2.12. The highest BCUT2D eigenvalue weighted by molar-refractivity contribution is 8.14. The molecule has 0 unspecified atom stereocenters. The van der Waals surface area contributed by atoms with Gasteiger partial charge in [0.05, 0.1) is 0 Å². The number of hydrogen-bond donors (Lipinski definition) is 0. The molecule has 0 N–H and O–H groups in total. The molecule has 0 fully saturated rings. The highest BCUT2D eigenvalue weighted by atomic mass is 35.7. The molecule has 0 radical (unpaired) electrons. The van der Waals surface area contributed by atoms with E-state index >= 15 is 0 Å². The van der Waals surface area contributed by atoms with E-state index in [1.807, 2.05) is 6.07 Å². The van der Waals surface area contributed by atoms with Crippen molar-refractivity contribution in [1.82, 2.24) is 4.98 Å². The molecule has 6 heteroatoms. The molecule has 2 heterocycles. The SMILES string of the molecule is O=S(=O)(Cl)N1CCc2cccnc21. The van der Waals surface area contributed by atoms with Crippen LogP contribution in [-0.4, -0.2) is 19.9 Å². The summed E-state index contributed by atoms with van der Waals surface area (Å²) < 4.78 is 23.2. The zero-order chi connectivity index (χ0) is 9.47. The number of rotatable bonds is 1. The normalized spacial score (nSPS) is 15.9. The van der Waals surface area contributed by atoms with Gasteiger partial charge in [-0.3, -0.25) is 0 Å². The van der Waals surface area contributed by atoms with Crippen molar-refractivity contribution in [2.75, 3.05) is 10.8 Å². The Morgan fingerprint density at radius 1 is 1.54 bits per heavy atom. The second-order valence-corrected chi connectivity index (χ2v) is 5.19. The third-order valence-corrected chi connectivity index (χ3v) is 3.33. The Labute approximate surface area is 80.7 Å². The van der Waals surface area contributed by atoms with E-state index in [-0.39, 0.29) is 0 Å². The van der Waals surface area contributed by atoms with Crippen molar-refractivity contribution < 1.29 is 8.42 Å². The highest BCUT2D eigenvalue weighted by Gasteiger charge is 2.28. The lowest BCUT2D eigenvalue weighted by Crippen LogP contribution is -2.24. The van der Waals surface area contributed by atoms with Crippen molar-refractivity contribution >= 4 is 25.7 Å². The van der Waals surface area contributed by atoms with Gasteiger partial charge in [-0.1, -0.05) is 6.07 Å². The number of nitrogens with zero attached hydrogens (tertiary/aromatic N) is 2. The first-order chi connectivity index (χ1) is 6.09. The maximum absolute atomic E-state index is 11.0. The summed E-state index contributed by atoms with van der Waals surface area (Å²) >= 11 is 0. The Balaban J connectivity index is 2.51. The summed E-state index contributed by atoms with van der Waals surface area (Å²) in [6.07, 6.45) is 2.23. The summed E-state index contributed by atoms with van der Waals surface area (Å²) in [5.41, 5.74) is 0.923. The number of fused-ring (bicyclic) bond motifs is 1. The zero-order valence-electron chi connectivity index (χ0n) is 6.64. The molecular weight excluding hydrogens is 212 g/mol. The number of pyridine rings is 1. The third kappa shape index (κ3) is 1.49. The van der Waals surface area contributed by atoms with Gasteiger partial charge in [-0.15, -0.1) is 0 Å². The average Bonchev–Trinajstić information content (AvgIpc) is 2.45. The maximum Gasteiger partial charge on any atom is 0.322 e. The molecule has 2 rings (SSSR count). The van der Waals surface area contributed by atoms with Gasteiger partial charge in [-0.25, -0.2) is 9.29 Å². The Hall–Kier alpha value is -0.810. The fraction of sp³-hybridized carbons (Fsp3) is 0.286. The lowest BCUT2D eigenvalue weighted by atomic mass is 10.2. The van der Waals surface area contributed by atoms with E-state index in [1.54, 1.807) is 12.3 Å². The van der Waals surface area contributed by atoms with E-state index in [0.717, 1.165) is 9.87 Å². The molecule has 1 aromatic heterocycles. The van der Waals surface area contributed by atoms with E-state index in [9.17, 15) is 8.42 Å². The van der Waals surface area contributed by atoms with Crippen LogP contribution < -0.4 is 4.31 Å². The van der Waals surface area contributed by atoms with Gasteiger partial charge >= 0.3 is 9.24 Å². The Kier molecular flexibility index (Phi) is 1.92. The minimum Gasteiger partial charge on any atom is -0.240 e. The van der Waals surface area contributed by atoms with Crippen LogP contribution in [0.15, 0.2) is 18.3 Å². The first-order valence-corrected chi connectivity index (χ1v) is 6.02. The van der Waals surface area contributed by atoms with E-state index < -0.39 is 9.24 Å². The fourth-order valence-electron chi connectivity index (χ4n) is 1.39. The summed E-state index contributed by atoms with van der Waals surface area (Å²) in [5, 5.41) is 0. The highest BCUT2D eigenvalue weighted by Crippen LogP contribution is 2.28. The van der Waals surface area contributed by atoms with Crippen molar-refractivity contribution in [3.05, 3.63) is 23.9 Å². The molecule has 0 aliphatic carbocycles. The van der Waals surface area contributed by atoms with Gasteiger partial charge in [-0.05, 0) is 18.1 Å². The molecular formula is C7H7ClN2O2S. The standard InChI is InChI=1S/C7H7ClN2O2S/c8-13(11,12)10-5-3-6-2-1-4-9-7(6)10/h1-2,4H,3,5H2. The molecule has 0 atom stereocenters. The van der Waals surface area contributed by atoms with E-state index in [0.29, 0.717) is 18.8 Å². The van der Waals surface area contributed by atoms with Crippen LogP contribution in [0.2, 0.25) is 0 Å². The molecule has 13 heavy (non-hydrogen) atoms. The Morgan fingerprint density at radius 2 is 2.31 bits per heavy atom. The largest absolute Gasteiger partial charge is 0.322 e. The fourth-order valence-corrected chi connectivity index (χ4v) is 2.47. The molecule has 0 bridgehead atoms. The molecule has 1 aromatic rings. The second kappa shape index (κ2) is 2.85. The second-order valence-electron chi connectivity index (χ2n) is 2.75. The van der Waals surface area contributed by atoms with Crippen molar-refractivity contribution in [1.29, 1.82) is 0 Å². The molecule has 0 amide bonds. The number of anilines is 1. The van der Waals surface area contributed by atoms with Crippen LogP contribution in [0.1, 0.15) is 5.56 Å². The van der Waals surface area contributed by atoms with Gasteiger partial charge in [-0.2, -0.15) is 8.42 Å². The zero-order valence-corrected chi connectivity index (χ0v) is 8.22. The molecule has 1 aliphatic rings. The van der Waals surface area contributed by atoms with Crippen LogP contribution in [0.3, 0.4) is 0 Å². The molecule has 1 aliphatic heterocycles. The van der Waals surface area contributed by atoms with E-state index in [4.69, 9.17) is 10.7 Å². The number of hydrogen-bond acceptors (Lipinski definition) is 3. The molecule has 0 spiro atoms. The quantitative estimate of drug-likeness (QED) is 0.659. The van der Waals surface area contributed by atoms with Gasteiger partial charge in [0.15, 0.2) is 0 Å². The van der Waals surface area contributed by atoms with Crippen LogP contribution in [0.5, 0.6) is 0 Å². The van der Waals surface area contributed by atoms with E-state index in [1.165, 1.54) is 0 Å². The van der Waals surface area contributed by atoms with Gasteiger partial charge < -0.3 is 0 Å². The van der Waals surface area contributed by atoms with Crippen molar-refractivity contribution in [3.8, 4) is 0 Å². The van der Waals surface area contributed by atoms with Crippen molar-refractivity contribution in [3.63, 3.8) is 0 Å². The monoisotopic (exact) mass is 218 g/mol. The minimum atomic E-state index is -3.67. The van der Waals surface area contributed by atoms with Crippen molar-refractivity contribution in [2.45, 2.75) is 6.42 Å². The first kappa shape index (κ1) is 8.77. The van der Waals surface area contributed by atoms with Gasteiger partial charge in [0.1, 0.15) is 5.82 Å². The average molecular weight is 219 g/mol. The van der Waals surface area contributed by atoms with E-state index in [2.05, 4.69) is 4.98 Å². The molecule has 0 aromatic carbocycles. The molecule has 0 saturated carbocycles. The minimum absolute atomic E-state index is 0.387. The Bertz CT molecular complexity index is 432. The smallest absolute Gasteiger partial charge is 0.240 e. The number of aromatic nitrogens is 1. The summed E-state index contributed by atoms with van der Waals surface area (Å²) in [4.78, 5) is 3.97. The van der Waals surface area contributed by atoms with Gasteiger partial charge in [0.2, 0.25) is 0 Å². The summed E-state index contributed by atoms with van der Waals surface area (Å²) in [7, 11) is 1.55. The lowest BCUT2D eigenvalue weighted by molar-refractivity contribution is 0.606. The first-order valence-electron chi connectivity index (χ1n) is 3.75. The predicted molar refractivity (Wildman–Crippen MR) is 50.1 cm³/mol. The third-order valence-electron chi connectivity index (χ3n) is 1.95. The van der Waals surface area contributed by atoms with Gasteiger partial charge in [0.25, 0.3) is 0 Å². The van der Waals surface area contributed by atoms with Crippen LogP contribution in [0.25, 0.3) is 0 Å². The number of halogens is 1. The van der Waals surface area contributed by atoms with Crippen LogP contribution in [0, 0.1) is 0 Å². The van der Waals surface area contributed by atoms with Crippen molar-refractivity contribution in [2.24, 2.45) is 0 Å². The summed E-state index contributed by atoms with van der Waals surface area (Å²) in [5.74, 6) is 0.456. The topological polar surface area (TPSA) is 50.3 Å². The van der Waals surface area contributed by atoms with Crippen LogP contribution in [0.4, 0.5) is 5.82 Å². The summed E-state index contributed by atoms with van der Waals surface area (Å²) in [6.45, 7) is 0.387. The maximum atomic E-state index is 11.0. The Morgan fingerprint density at radius 3 is 3.00 bits per heavy atom. The van der Waals surface area contributed by atoms with Crippen LogP contribution in [-0.2, 0) is 15.7 Å². The van der Waals surface area contributed by atoms with Crippen LogP contribution >= 0.6 is 10.7 Å². The predicted octanol–water partition coefficient (Wildman–Crippen LogP) is 0.928. The molecule has 0 saturated heterocycles. The summed E-state index contributed by atoms with van der Waals surface area (Å²) in [6, 6.07) is 3.63. The van der Waals surface area contributed by atoms with Gasteiger partial charge in [0, 0.05) is 23.4 Å². The molecule has 70 valence electrons.